The van der Waals surface area contributed by atoms with Crippen LogP contribution in [0.4, 0.5) is 0 Å². The van der Waals surface area contributed by atoms with Crippen molar-refractivity contribution in [2.24, 2.45) is 16.7 Å². The molecule has 0 aliphatic heterocycles. The summed E-state index contributed by atoms with van der Waals surface area (Å²) in [6, 6.07) is 0.437. The highest BCUT2D eigenvalue weighted by atomic mass is 14.9. The van der Waals surface area contributed by atoms with Crippen LogP contribution in [0.5, 0.6) is 0 Å². The minimum atomic E-state index is 0.437. The molecule has 13 heavy (non-hydrogen) atoms. The fourth-order valence-electron chi connectivity index (χ4n) is 2.23. The van der Waals surface area contributed by atoms with Crippen molar-refractivity contribution >= 4 is 0 Å². The van der Waals surface area contributed by atoms with E-state index in [0.29, 0.717) is 16.9 Å². The molecule has 0 saturated heterocycles. The molecule has 0 aromatic rings. The second kappa shape index (κ2) is 3.13. The van der Waals surface area contributed by atoms with Crippen LogP contribution in [0.15, 0.2) is 12.7 Å². The van der Waals surface area contributed by atoms with Crippen LogP contribution in [-0.2, 0) is 0 Å². The Labute approximate surface area is 82.6 Å². The van der Waals surface area contributed by atoms with Gasteiger partial charge in [0.25, 0.3) is 0 Å². The lowest BCUT2D eigenvalue weighted by Gasteiger charge is -2.09. The molecule has 1 heteroatoms. The van der Waals surface area contributed by atoms with Crippen LogP contribution < -0.4 is 5.32 Å². The van der Waals surface area contributed by atoms with Crippen molar-refractivity contribution in [2.45, 2.75) is 40.7 Å². The van der Waals surface area contributed by atoms with Crippen molar-refractivity contribution in [1.29, 1.82) is 0 Å². The number of hydrogen-bond acceptors (Lipinski definition) is 1. The van der Waals surface area contributed by atoms with E-state index < -0.39 is 0 Å². The summed E-state index contributed by atoms with van der Waals surface area (Å²) in [4.78, 5) is 0. The van der Waals surface area contributed by atoms with Crippen LogP contribution in [-0.4, -0.2) is 12.6 Å². The zero-order chi connectivity index (χ0) is 10.3. The molecule has 1 aliphatic rings. The van der Waals surface area contributed by atoms with Gasteiger partial charge in [-0.15, -0.1) is 6.58 Å². The Morgan fingerprint density at radius 3 is 2.08 bits per heavy atom. The van der Waals surface area contributed by atoms with E-state index in [-0.39, 0.29) is 0 Å². The maximum Gasteiger partial charge on any atom is 0.0219 e. The van der Waals surface area contributed by atoms with E-state index in [1.807, 2.05) is 6.08 Å². The molecule has 1 rings (SSSR count). The van der Waals surface area contributed by atoms with Gasteiger partial charge in [0.05, 0.1) is 0 Å². The first-order valence-electron chi connectivity index (χ1n) is 5.20. The Hall–Kier alpha value is -0.300. The van der Waals surface area contributed by atoms with Gasteiger partial charge < -0.3 is 5.32 Å². The van der Waals surface area contributed by atoms with Crippen molar-refractivity contribution in [3.8, 4) is 0 Å². The van der Waals surface area contributed by atoms with Gasteiger partial charge in [-0.2, -0.15) is 0 Å². The summed E-state index contributed by atoms with van der Waals surface area (Å²) in [7, 11) is 0. The van der Waals surface area contributed by atoms with Crippen molar-refractivity contribution < 1.29 is 0 Å². The highest BCUT2D eigenvalue weighted by Gasteiger charge is 2.63. The fourth-order valence-corrected chi connectivity index (χ4v) is 2.23. The van der Waals surface area contributed by atoms with Crippen LogP contribution in [0.25, 0.3) is 0 Å². The molecule has 0 aromatic carbocycles. The van der Waals surface area contributed by atoms with Gasteiger partial charge in [-0.1, -0.05) is 33.8 Å². The summed E-state index contributed by atoms with van der Waals surface area (Å²) in [5.74, 6) is 0.808. The molecule has 0 radical (unpaired) electrons. The van der Waals surface area contributed by atoms with E-state index in [1.165, 1.54) is 0 Å². The van der Waals surface area contributed by atoms with Crippen molar-refractivity contribution in [3.05, 3.63) is 12.7 Å². The molecule has 1 atom stereocenters. The Bertz CT molecular complexity index is 189. The summed E-state index contributed by atoms with van der Waals surface area (Å²) in [5, 5.41) is 3.49. The van der Waals surface area contributed by atoms with Gasteiger partial charge in [0, 0.05) is 6.04 Å². The van der Waals surface area contributed by atoms with Gasteiger partial charge in [-0.25, -0.2) is 0 Å². The van der Waals surface area contributed by atoms with E-state index in [4.69, 9.17) is 0 Å². The Balaban J connectivity index is 2.38. The average molecular weight is 181 g/mol. The predicted molar refractivity (Wildman–Crippen MR) is 58.7 cm³/mol. The van der Waals surface area contributed by atoms with Gasteiger partial charge in [0.15, 0.2) is 0 Å². The lowest BCUT2D eigenvalue weighted by atomic mass is 10.0. The maximum atomic E-state index is 3.77. The first-order chi connectivity index (χ1) is 5.84. The van der Waals surface area contributed by atoms with Gasteiger partial charge in [-0.05, 0) is 30.2 Å². The minimum Gasteiger partial charge on any atom is -0.310 e. The quantitative estimate of drug-likeness (QED) is 0.658. The number of rotatable bonds is 4. The number of hydrogen-bond donors (Lipinski definition) is 1. The summed E-state index contributed by atoms with van der Waals surface area (Å²) < 4.78 is 0. The Morgan fingerprint density at radius 2 is 1.77 bits per heavy atom. The van der Waals surface area contributed by atoms with E-state index >= 15 is 0 Å². The molecule has 0 bridgehead atoms. The lowest BCUT2D eigenvalue weighted by Crippen LogP contribution is -2.27. The third kappa shape index (κ3) is 1.67. The molecule has 0 amide bonds. The molecule has 0 aromatic heterocycles. The molecule has 1 unspecified atom stereocenters. The molecule has 1 saturated carbocycles. The molecule has 0 heterocycles. The smallest absolute Gasteiger partial charge is 0.0219 e. The fraction of sp³-hybridized carbons (Fsp3) is 0.833. The minimum absolute atomic E-state index is 0.437. The first kappa shape index (κ1) is 10.8. The molecular formula is C12H23N. The van der Waals surface area contributed by atoms with Gasteiger partial charge in [-0.3, -0.25) is 0 Å². The predicted octanol–water partition coefficient (Wildman–Crippen LogP) is 2.83. The zero-order valence-electron chi connectivity index (χ0n) is 9.65. The molecule has 1 nitrogen and oxygen atoms in total. The first-order valence-corrected chi connectivity index (χ1v) is 5.20. The standard InChI is InChI=1S/C12H23N/c1-7-9(2)13-8-10-11(3,4)12(10,5)6/h7,9-10,13H,1,8H2,2-6H3. The zero-order valence-corrected chi connectivity index (χ0v) is 9.65. The average Bonchev–Trinajstić information content (AvgIpc) is 2.40. The van der Waals surface area contributed by atoms with E-state index in [9.17, 15) is 0 Å². The van der Waals surface area contributed by atoms with Crippen LogP contribution in [0.2, 0.25) is 0 Å². The topological polar surface area (TPSA) is 12.0 Å². The van der Waals surface area contributed by atoms with Crippen LogP contribution in [0, 0.1) is 16.7 Å². The Kier molecular flexibility index (Phi) is 2.59. The van der Waals surface area contributed by atoms with Gasteiger partial charge >= 0.3 is 0 Å². The lowest BCUT2D eigenvalue weighted by molar-refractivity contribution is 0.457. The van der Waals surface area contributed by atoms with Gasteiger partial charge in [0.1, 0.15) is 0 Å². The van der Waals surface area contributed by atoms with Crippen LogP contribution in [0.3, 0.4) is 0 Å². The van der Waals surface area contributed by atoms with Gasteiger partial charge in [0.2, 0.25) is 0 Å². The molecule has 0 spiro atoms. The highest BCUT2D eigenvalue weighted by molar-refractivity contribution is 5.13. The largest absolute Gasteiger partial charge is 0.310 e. The summed E-state index contributed by atoms with van der Waals surface area (Å²) in [6.45, 7) is 16.5. The summed E-state index contributed by atoms with van der Waals surface area (Å²) >= 11 is 0. The van der Waals surface area contributed by atoms with E-state index in [2.05, 4.69) is 46.5 Å². The maximum absolute atomic E-state index is 3.77. The molecule has 1 N–H and O–H groups in total. The third-order valence-electron chi connectivity index (χ3n) is 4.32. The second-order valence-corrected chi connectivity index (χ2v) is 5.43. The van der Waals surface area contributed by atoms with Crippen LogP contribution >= 0.6 is 0 Å². The van der Waals surface area contributed by atoms with Crippen LogP contribution in [0.1, 0.15) is 34.6 Å². The summed E-state index contributed by atoms with van der Waals surface area (Å²) in [5.41, 5.74) is 1.00. The summed E-state index contributed by atoms with van der Waals surface area (Å²) in [6.07, 6.45) is 1.96. The molecule has 1 fully saturated rings. The molecule has 1 aliphatic carbocycles. The molecular weight excluding hydrogens is 158 g/mol. The monoisotopic (exact) mass is 181 g/mol. The third-order valence-corrected chi connectivity index (χ3v) is 4.32. The molecule has 76 valence electrons. The van der Waals surface area contributed by atoms with Crippen molar-refractivity contribution in [2.75, 3.05) is 6.54 Å². The SMILES string of the molecule is C=CC(C)NCC1C(C)(C)C1(C)C. The Morgan fingerprint density at radius 1 is 1.31 bits per heavy atom. The second-order valence-electron chi connectivity index (χ2n) is 5.43. The highest BCUT2D eigenvalue weighted by Crippen LogP contribution is 2.67. The van der Waals surface area contributed by atoms with E-state index in [0.717, 1.165) is 12.5 Å². The normalized spacial score (nSPS) is 26.8. The van der Waals surface area contributed by atoms with Crippen molar-refractivity contribution in [3.63, 3.8) is 0 Å². The van der Waals surface area contributed by atoms with E-state index in [1.54, 1.807) is 0 Å². The number of nitrogens with one attached hydrogen (secondary N) is 1. The van der Waals surface area contributed by atoms with Crippen molar-refractivity contribution in [1.82, 2.24) is 5.32 Å².